The second-order valence-corrected chi connectivity index (χ2v) is 5.89. The monoisotopic (exact) mass is 356 g/mol. The number of hydrogen-bond donors (Lipinski definition) is 2. The van der Waals surface area contributed by atoms with E-state index in [4.69, 9.17) is 26.5 Å². The highest BCUT2D eigenvalue weighted by molar-refractivity contribution is 6.32. The molecule has 0 aliphatic heterocycles. The first kappa shape index (κ1) is 16.9. The Labute approximate surface area is 150 Å². The van der Waals surface area contributed by atoms with E-state index in [9.17, 15) is 4.79 Å². The highest BCUT2D eigenvalue weighted by atomic mass is 35.5. The molecule has 5 nitrogen and oxygen atoms in total. The predicted molar refractivity (Wildman–Crippen MR) is 99.3 cm³/mol. The third-order valence-electron chi connectivity index (χ3n) is 3.89. The summed E-state index contributed by atoms with van der Waals surface area (Å²) in [5, 5.41) is 3.27. The SMILES string of the molecule is COc1ccc(-c2ccc(C(=O)Nc3cccc(N)c3C)o2)cc1Cl. The summed E-state index contributed by atoms with van der Waals surface area (Å²) in [4.78, 5) is 12.4. The zero-order chi connectivity index (χ0) is 18.0. The maximum absolute atomic E-state index is 12.4. The van der Waals surface area contributed by atoms with Crippen LogP contribution < -0.4 is 15.8 Å². The van der Waals surface area contributed by atoms with Gasteiger partial charge in [0.2, 0.25) is 0 Å². The van der Waals surface area contributed by atoms with Crippen molar-refractivity contribution in [1.82, 2.24) is 0 Å². The molecule has 0 aliphatic carbocycles. The van der Waals surface area contributed by atoms with Gasteiger partial charge in [-0.1, -0.05) is 17.7 Å². The molecular formula is C19H17ClN2O3. The van der Waals surface area contributed by atoms with Gasteiger partial charge in [0.25, 0.3) is 5.91 Å². The molecule has 3 N–H and O–H groups in total. The molecule has 0 aliphatic rings. The number of nitrogens with two attached hydrogens (primary N) is 1. The number of halogens is 1. The van der Waals surface area contributed by atoms with Crippen molar-refractivity contribution in [3.63, 3.8) is 0 Å². The van der Waals surface area contributed by atoms with Crippen molar-refractivity contribution in [2.75, 3.05) is 18.2 Å². The van der Waals surface area contributed by atoms with Gasteiger partial charge in [-0.25, -0.2) is 0 Å². The smallest absolute Gasteiger partial charge is 0.291 e. The van der Waals surface area contributed by atoms with Crippen LogP contribution in [0.5, 0.6) is 5.75 Å². The summed E-state index contributed by atoms with van der Waals surface area (Å²) in [6.07, 6.45) is 0. The number of rotatable bonds is 4. The first-order chi connectivity index (χ1) is 12.0. The number of methoxy groups -OCH3 is 1. The van der Waals surface area contributed by atoms with E-state index in [1.165, 1.54) is 0 Å². The summed E-state index contributed by atoms with van der Waals surface area (Å²) in [5.74, 6) is 0.967. The molecule has 0 spiro atoms. The summed E-state index contributed by atoms with van der Waals surface area (Å²) in [6.45, 7) is 1.85. The van der Waals surface area contributed by atoms with Gasteiger partial charge < -0.3 is 20.2 Å². The van der Waals surface area contributed by atoms with Crippen molar-refractivity contribution in [2.45, 2.75) is 6.92 Å². The maximum atomic E-state index is 12.4. The molecule has 0 radical (unpaired) electrons. The fourth-order valence-electron chi connectivity index (χ4n) is 2.41. The molecule has 6 heteroatoms. The van der Waals surface area contributed by atoms with Crippen LogP contribution in [0.3, 0.4) is 0 Å². The maximum Gasteiger partial charge on any atom is 0.291 e. The fourth-order valence-corrected chi connectivity index (χ4v) is 2.67. The average molecular weight is 357 g/mol. The molecule has 1 aromatic heterocycles. The predicted octanol–water partition coefficient (Wildman–Crippen LogP) is 4.75. The van der Waals surface area contributed by atoms with Crippen LogP contribution in [0.25, 0.3) is 11.3 Å². The van der Waals surface area contributed by atoms with E-state index in [1.807, 2.05) is 13.0 Å². The molecule has 128 valence electrons. The molecule has 0 saturated carbocycles. The molecular weight excluding hydrogens is 340 g/mol. The number of nitrogens with one attached hydrogen (secondary N) is 1. The molecule has 0 unspecified atom stereocenters. The van der Waals surface area contributed by atoms with Gasteiger partial charge >= 0.3 is 0 Å². The van der Waals surface area contributed by atoms with Crippen LogP contribution in [0.15, 0.2) is 52.9 Å². The lowest BCUT2D eigenvalue weighted by molar-refractivity contribution is 0.0997. The lowest BCUT2D eigenvalue weighted by Gasteiger charge is -2.09. The standard InChI is InChI=1S/C19H17ClN2O3/c1-11-14(21)4-3-5-15(11)22-19(23)18-9-8-16(25-18)12-6-7-17(24-2)13(20)10-12/h3-10H,21H2,1-2H3,(H,22,23). The van der Waals surface area contributed by atoms with Crippen LogP contribution in [0.1, 0.15) is 16.1 Å². The summed E-state index contributed by atoms with van der Waals surface area (Å²) >= 11 is 6.13. The van der Waals surface area contributed by atoms with Gasteiger partial charge in [-0.2, -0.15) is 0 Å². The molecule has 1 amide bonds. The Kier molecular flexibility index (Phi) is 4.67. The van der Waals surface area contributed by atoms with E-state index < -0.39 is 0 Å². The van der Waals surface area contributed by atoms with Gasteiger partial charge in [-0.05, 0) is 55.0 Å². The Morgan fingerprint density at radius 2 is 2.00 bits per heavy atom. The summed E-state index contributed by atoms with van der Waals surface area (Å²) in [7, 11) is 1.55. The lowest BCUT2D eigenvalue weighted by atomic mass is 10.1. The number of amides is 1. The van der Waals surface area contributed by atoms with Crippen molar-refractivity contribution in [1.29, 1.82) is 0 Å². The van der Waals surface area contributed by atoms with Crippen molar-refractivity contribution in [3.05, 3.63) is 64.9 Å². The molecule has 3 aromatic rings. The molecule has 2 aromatic carbocycles. The van der Waals surface area contributed by atoms with Crippen LogP contribution in [-0.2, 0) is 0 Å². The van der Waals surface area contributed by atoms with Crippen LogP contribution in [0, 0.1) is 6.92 Å². The van der Waals surface area contributed by atoms with Crippen LogP contribution in [0.4, 0.5) is 11.4 Å². The molecule has 25 heavy (non-hydrogen) atoms. The molecule has 3 rings (SSSR count). The minimum atomic E-state index is -0.348. The highest BCUT2D eigenvalue weighted by Gasteiger charge is 2.14. The van der Waals surface area contributed by atoms with Crippen molar-refractivity contribution < 1.29 is 13.9 Å². The van der Waals surface area contributed by atoms with Crippen LogP contribution in [-0.4, -0.2) is 13.0 Å². The second-order valence-electron chi connectivity index (χ2n) is 5.49. The topological polar surface area (TPSA) is 77.5 Å². The van der Waals surface area contributed by atoms with Gasteiger partial charge in [0.15, 0.2) is 5.76 Å². The Hall–Kier alpha value is -2.92. The van der Waals surface area contributed by atoms with E-state index in [2.05, 4.69) is 5.32 Å². The first-order valence-corrected chi connectivity index (χ1v) is 7.97. The summed E-state index contributed by atoms with van der Waals surface area (Å²) in [6, 6.07) is 14.0. The van der Waals surface area contributed by atoms with Gasteiger partial charge in [0.1, 0.15) is 11.5 Å². The summed E-state index contributed by atoms with van der Waals surface area (Å²) in [5.41, 5.74) is 8.68. The number of anilines is 2. The fraction of sp³-hybridized carbons (Fsp3) is 0.105. The third-order valence-corrected chi connectivity index (χ3v) is 4.19. The zero-order valence-corrected chi connectivity index (χ0v) is 14.6. The number of carbonyl (C=O) groups is 1. The number of benzene rings is 2. The number of furan rings is 1. The van der Waals surface area contributed by atoms with Crippen LogP contribution >= 0.6 is 11.6 Å². The average Bonchev–Trinajstić information content (AvgIpc) is 3.09. The van der Waals surface area contributed by atoms with E-state index in [-0.39, 0.29) is 11.7 Å². The Morgan fingerprint density at radius 1 is 1.20 bits per heavy atom. The van der Waals surface area contributed by atoms with E-state index in [0.29, 0.717) is 27.9 Å². The number of nitrogen functional groups attached to an aromatic ring is 1. The van der Waals surface area contributed by atoms with E-state index in [1.54, 1.807) is 49.6 Å². The largest absolute Gasteiger partial charge is 0.495 e. The Bertz CT molecular complexity index is 934. The van der Waals surface area contributed by atoms with Crippen molar-refractivity contribution in [2.24, 2.45) is 0 Å². The number of carbonyl (C=O) groups excluding carboxylic acids is 1. The highest BCUT2D eigenvalue weighted by Crippen LogP contribution is 2.31. The van der Waals surface area contributed by atoms with Crippen molar-refractivity contribution in [3.8, 4) is 17.1 Å². The van der Waals surface area contributed by atoms with Gasteiger partial charge in [0.05, 0.1) is 12.1 Å². The minimum Gasteiger partial charge on any atom is -0.495 e. The number of hydrogen-bond acceptors (Lipinski definition) is 4. The zero-order valence-electron chi connectivity index (χ0n) is 13.8. The third kappa shape index (κ3) is 3.46. The Balaban J connectivity index is 1.82. The summed E-state index contributed by atoms with van der Waals surface area (Å²) < 4.78 is 10.8. The van der Waals surface area contributed by atoms with Crippen molar-refractivity contribution >= 4 is 28.9 Å². The van der Waals surface area contributed by atoms with Gasteiger partial charge in [-0.15, -0.1) is 0 Å². The number of ether oxygens (including phenoxy) is 1. The first-order valence-electron chi connectivity index (χ1n) is 7.60. The van der Waals surface area contributed by atoms with E-state index >= 15 is 0 Å². The van der Waals surface area contributed by atoms with E-state index in [0.717, 1.165) is 11.1 Å². The quantitative estimate of drug-likeness (QED) is 0.661. The molecule has 1 heterocycles. The molecule has 0 saturated heterocycles. The lowest BCUT2D eigenvalue weighted by Crippen LogP contribution is -2.12. The molecule has 0 bridgehead atoms. The molecule has 0 fully saturated rings. The minimum absolute atomic E-state index is 0.198. The normalized spacial score (nSPS) is 10.5. The van der Waals surface area contributed by atoms with Gasteiger partial charge in [0, 0.05) is 16.9 Å². The molecule has 0 atom stereocenters. The Morgan fingerprint density at radius 3 is 2.72 bits per heavy atom. The second kappa shape index (κ2) is 6.91. The van der Waals surface area contributed by atoms with Gasteiger partial charge in [-0.3, -0.25) is 4.79 Å². The van der Waals surface area contributed by atoms with Crippen LogP contribution in [0.2, 0.25) is 5.02 Å².